The summed E-state index contributed by atoms with van der Waals surface area (Å²) in [5.41, 5.74) is 0.529. The third-order valence-electron chi connectivity index (χ3n) is 3.30. The Hall–Kier alpha value is -2.12. The Balaban J connectivity index is 1.85. The number of rotatable bonds is 8. The number of carbonyl (C=O) groups is 1. The molecule has 2 aromatic rings. The number of carbonyl (C=O) groups excluding carboxylic acids is 1. The highest BCUT2D eigenvalue weighted by Gasteiger charge is 2.16. The van der Waals surface area contributed by atoms with E-state index < -0.39 is 11.7 Å². The van der Waals surface area contributed by atoms with Crippen molar-refractivity contribution in [2.45, 2.75) is 39.3 Å². The molecule has 6 nitrogen and oxygen atoms in total. The van der Waals surface area contributed by atoms with Gasteiger partial charge in [0.05, 0.1) is 13.2 Å². The average Bonchev–Trinajstić information content (AvgIpc) is 3.05. The van der Waals surface area contributed by atoms with Crippen molar-refractivity contribution in [1.29, 1.82) is 0 Å². The normalized spacial score (nSPS) is 11.2. The molecule has 2 rings (SSSR count). The standard InChI is InChI=1S/C19H27N3O3S/c1-19(2,3)25-18(23)22-13-16-12-21-17(26-16)14-6-8-15(9-7-14)24-11-5-10-20-4/h6-9,12,20H,5,10-11,13H2,1-4H3,(H,22,23). The molecule has 0 aliphatic rings. The van der Waals surface area contributed by atoms with Gasteiger partial charge < -0.3 is 20.1 Å². The molecule has 0 bridgehead atoms. The number of nitrogens with zero attached hydrogens (tertiary/aromatic N) is 1. The minimum Gasteiger partial charge on any atom is -0.494 e. The first kappa shape index (κ1) is 20.2. The molecule has 1 aromatic carbocycles. The lowest BCUT2D eigenvalue weighted by atomic mass is 10.2. The first-order valence-corrected chi connectivity index (χ1v) is 9.48. The molecular formula is C19H27N3O3S. The van der Waals surface area contributed by atoms with Crippen LogP contribution in [0.5, 0.6) is 5.75 Å². The van der Waals surface area contributed by atoms with E-state index in [2.05, 4.69) is 15.6 Å². The van der Waals surface area contributed by atoms with Crippen LogP contribution < -0.4 is 15.4 Å². The van der Waals surface area contributed by atoms with Gasteiger partial charge in [0.15, 0.2) is 0 Å². The first-order valence-electron chi connectivity index (χ1n) is 8.67. The van der Waals surface area contributed by atoms with Crippen molar-refractivity contribution in [3.8, 4) is 16.3 Å². The largest absolute Gasteiger partial charge is 0.494 e. The second-order valence-corrected chi connectivity index (χ2v) is 7.93. The predicted octanol–water partition coefficient (Wildman–Crippen LogP) is 3.82. The molecule has 0 saturated heterocycles. The predicted molar refractivity (Wildman–Crippen MR) is 105 cm³/mol. The number of alkyl carbamates (subject to hydrolysis) is 1. The Morgan fingerprint density at radius 1 is 1.23 bits per heavy atom. The number of aromatic nitrogens is 1. The third-order valence-corrected chi connectivity index (χ3v) is 4.35. The summed E-state index contributed by atoms with van der Waals surface area (Å²) in [5.74, 6) is 0.855. The van der Waals surface area contributed by atoms with Crippen molar-refractivity contribution >= 4 is 17.4 Å². The van der Waals surface area contributed by atoms with E-state index in [0.29, 0.717) is 13.2 Å². The van der Waals surface area contributed by atoms with E-state index in [0.717, 1.165) is 34.2 Å². The summed E-state index contributed by atoms with van der Waals surface area (Å²) < 4.78 is 10.9. The smallest absolute Gasteiger partial charge is 0.407 e. The Morgan fingerprint density at radius 2 is 1.96 bits per heavy atom. The van der Waals surface area contributed by atoms with Crippen molar-refractivity contribution < 1.29 is 14.3 Å². The molecule has 0 aliphatic carbocycles. The Bertz CT molecular complexity index is 693. The minimum atomic E-state index is -0.500. The molecule has 1 heterocycles. The molecule has 0 aliphatic heterocycles. The SMILES string of the molecule is CNCCCOc1ccc(-c2ncc(CNC(=O)OC(C)(C)C)s2)cc1. The zero-order chi connectivity index (χ0) is 19.0. The van der Waals surface area contributed by atoms with Gasteiger partial charge in [0.25, 0.3) is 0 Å². The first-order chi connectivity index (χ1) is 12.4. The lowest BCUT2D eigenvalue weighted by Gasteiger charge is -2.19. The van der Waals surface area contributed by atoms with Crippen molar-refractivity contribution in [2.75, 3.05) is 20.2 Å². The van der Waals surface area contributed by atoms with Gasteiger partial charge in [0.2, 0.25) is 0 Å². The van der Waals surface area contributed by atoms with Gasteiger partial charge in [0, 0.05) is 16.6 Å². The van der Waals surface area contributed by atoms with Gasteiger partial charge >= 0.3 is 6.09 Å². The summed E-state index contributed by atoms with van der Waals surface area (Å²) in [6.45, 7) is 7.55. The second kappa shape index (κ2) is 9.54. The highest BCUT2D eigenvalue weighted by atomic mass is 32.1. The fourth-order valence-electron chi connectivity index (χ4n) is 2.13. The van der Waals surface area contributed by atoms with Crippen LogP contribution in [0.3, 0.4) is 0 Å². The summed E-state index contributed by atoms with van der Waals surface area (Å²) in [6.07, 6.45) is 2.32. The van der Waals surface area contributed by atoms with Crippen LogP contribution >= 0.6 is 11.3 Å². The molecule has 0 unspecified atom stereocenters. The van der Waals surface area contributed by atoms with Gasteiger partial charge in [-0.1, -0.05) is 0 Å². The number of amides is 1. The van der Waals surface area contributed by atoms with E-state index in [1.807, 2.05) is 52.1 Å². The molecule has 0 radical (unpaired) electrons. The summed E-state index contributed by atoms with van der Waals surface area (Å²) >= 11 is 1.55. The number of thiazole rings is 1. The number of hydrogen-bond acceptors (Lipinski definition) is 6. The van der Waals surface area contributed by atoms with Crippen LogP contribution in [0.4, 0.5) is 4.79 Å². The minimum absolute atomic E-state index is 0.402. The molecule has 1 aromatic heterocycles. The fraction of sp³-hybridized carbons (Fsp3) is 0.474. The topological polar surface area (TPSA) is 72.5 Å². The van der Waals surface area contributed by atoms with E-state index in [1.54, 1.807) is 17.5 Å². The van der Waals surface area contributed by atoms with Gasteiger partial charge in [-0.25, -0.2) is 9.78 Å². The number of nitrogens with one attached hydrogen (secondary N) is 2. The average molecular weight is 378 g/mol. The van der Waals surface area contributed by atoms with Crippen molar-refractivity contribution in [2.24, 2.45) is 0 Å². The molecule has 26 heavy (non-hydrogen) atoms. The van der Waals surface area contributed by atoms with Crippen LogP contribution in [-0.2, 0) is 11.3 Å². The van der Waals surface area contributed by atoms with E-state index >= 15 is 0 Å². The third kappa shape index (κ3) is 7.01. The molecule has 2 N–H and O–H groups in total. The van der Waals surface area contributed by atoms with Crippen LogP contribution in [0.15, 0.2) is 30.5 Å². The molecule has 1 amide bonds. The summed E-state index contributed by atoms with van der Waals surface area (Å²) in [7, 11) is 1.93. The Kier molecular flexibility index (Phi) is 7.41. The number of ether oxygens (including phenoxy) is 2. The summed E-state index contributed by atoms with van der Waals surface area (Å²) in [4.78, 5) is 17.1. The van der Waals surface area contributed by atoms with Crippen LogP contribution in [-0.4, -0.2) is 36.9 Å². The molecule has 0 fully saturated rings. The monoisotopic (exact) mass is 377 g/mol. The van der Waals surface area contributed by atoms with Crippen molar-refractivity contribution in [3.05, 3.63) is 35.3 Å². The fourth-order valence-corrected chi connectivity index (χ4v) is 2.99. The van der Waals surface area contributed by atoms with E-state index in [9.17, 15) is 4.79 Å². The number of hydrogen-bond donors (Lipinski definition) is 2. The number of benzene rings is 1. The van der Waals surface area contributed by atoms with Gasteiger partial charge in [-0.15, -0.1) is 11.3 Å². The van der Waals surface area contributed by atoms with E-state index in [1.165, 1.54) is 0 Å². The lowest BCUT2D eigenvalue weighted by Crippen LogP contribution is -2.31. The molecule has 142 valence electrons. The van der Waals surface area contributed by atoms with Gasteiger partial charge in [-0.05, 0) is 65.0 Å². The maximum absolute atomic E-state index is 11.7. The Morgan fingerprint density at radius 3 is 2.62 bits per heavy atom. The van der Waals surface area contributed by atoms with Crippen LogP contribution in [0.1, 0.15) is 32.1 Å². The highest BCUT2D eigenvalue weighted by Crippen LogP contribution is 2.27. The van der Waals surface area contributed by atoms with Gasteiger partial charge in [-0.3, -0.25) is 0 Å². The van der Waals surface area contributed by atoms with Gasteiger partial charge in [0.1, 0.15) is 16.4 Å². The lowest BCUT2D eigenvalue weighted by molar-refractivity contribution is 0.0524. The zero-order valence-corrected chi connectivity index (χ0v) is 16.6. The molecule has 7 heteroatoms. The summed E-state index contributed by atoms with van der Waals surface area (Å²) in [6, 6.07) is 7.90. The highest BCUT2D eigenvalue weighted by molar-refractivity contribution is 7.15. The van der Waals surface area contributed by atoms with Crippen LogP contribution in [0, 0.1) is 0 Å². The maximum Gasteiger partial charge on any atom is 0.407 e. The van der Waals surface area contributed by atoms with Crippen LogP contribution in [0.25, 0.3) is 10.6 Å². The van der Waals surface area contributed by atoms with Gasteiger partial charge in [-0.2, -0.15) is 0 Å². The molecular weight excluding hydrogens is 350 g/mol. The zero-order valence-electron chi connectivity index (χ0n) is 15.8. The maximum atomic E-state index is 11.7. The van der Waals surface area contributed by atoms with E-state index in [4.69, 9.17) is 9.47 Å². The second-order valence-electron chi connectivity index (χ2n) is 6.82. The summed E-state index contributed by atoms with van der Waals surface area (Å²) in [5, 5.41) is 6.75. The van der Waals surface area contributed by atoms with E-state index in [-0.39, 0.29) is 0 Å². The van der Waals surface area contributed by atoms with Crippen molar-refractivity contribution in [1.82, 2.24) is 15.6 Å². The molecule has 0 saturated carbocycles. The molecule has 0 atom stereocenters. The van der Waals surface area contributed by atoms with Crippen molar-refractivity contribution in [3.63, 3.8) is 0 Å². The molecule has 0 spiro atoms. The van der Waals surface area contributed by atoms with Crippen LogP contribution in [0.2, 0.25) is 0 Å². The quantitative estimate of drug-likeness (QED) is 0.684. The Labute approximate surface area is 158 Å².